The number of fused-ring (bicyclic) bond motifs is 2. The minimum absolute atomic E-state index is 0.0529. The molecule has 8 rings (SSSR count). The fraction of sp³-hybridized carbons (Fsp3) is 0. The Morgan fingerprint density at radius 2 is 0.720 bits per heavy atom. The van der Waals surface area contributed by atoms with Crippen molar-refractivity contribution in [3.05, 3.63) is 166 Å². The molecule has 2 heterocycles. The summed E-state index contributed by atoms with van der Waals surface area (Å²) in [6.45, 7) is 0. The van der Waals surface area contributed by atoms with Crippen LogP contribution in [0.3, 0.4) is 0 Å². The molecule has 0 aliphatic heterocycles. The molecule has 0 saturated heterocycles. The summed E-state index contributed by atoms with van der Waals surface area (Å²) in [5.74, 6) is 0. The molecular formula is C40H24N6O4. The molecule has 0 bridgehead atoms. The molecule has 0 atom stereocenters. The quantitative estimate of drug-likeness (QED) is 0.122. The van der Waals surface area contributed by atoms with Crippen LogP contribution < -0.4 is 0 Å². The van der Waals surface area contributed by atoms with Crippen LogP contribution >= 0.6 is 0 Å². The van der Waals surface area contributed by atoms with E-state index in [1.54, 1.807) is 36.4 Å². The lowest BCUT2D eigenvalue weighted by Gasteiger charge is -2.13. The molecule has 2 aromatic heterocycles. The second-order valence-corrected chi connectivity index (χ2v) is 11.5. The maximum Gasteiger partial charge on any atom is 0.278 e. The Balaban J connectivity index is 1.29. The minimum Gasteiger partial charge on any atom is -0.258 e. The average Bonchev–Trinajstić information content (AvgIpc) is 3.17. The molecule has 0 aliphatic carbocycles. The van der Waals surface area contributed by atoms with E-state index in [1.165, 1.54) is 12.1 Å². The largest absolute Gasteiger partial charge is 0.278 e. The van der Waals surface area contributed by atoms with Gasteiger partial charge in [-0.3, -0.25) is 20.2 Å². The van der Waals surface area contributed by atoms with Crippen LogP contribution in [0.1, 0.15) is 0 Å². The third kappa shape index (κ3) is 5.46. The monoisotopic (exact) mass is 652 g/mol. The van der Waals surface area contributed by atoms with Gasteiger partial charge in [-0.05, 0) is 47.5 Å². The molecule has 0 fully saturated rings. The van der Waals surface area contributed by atoms with Crippen LogP contribution in [0.2, 0.25) is 0 Å². The fourth-order valence-electron chi connectivity index (χ4n) is 6.10. The van der Waals surface area contributed by atoms with Gasteiger partial charge in [0.25, 0.3) is 11.4 Å². The number of benzene rings is 6. The molecular weight excluding hydrogens is 628 g/mol. The first-order valence-electron chi connectivity index (χ1n) is 15.7. The summed E-state index contributed by atoms with van der Waals surface area (Å²) in [6, 6.07) is 43.5. The van der Waals surface area contributed by atoms with E-state index in [4.69, 9.17) is 19.9 Å². The Labute approximate surface area is 284 Å². The van der Waals surface area contributed by atoms with Crippen molar-refractivity contribution in [1.82, 2.24) is 19.9 Å². The van der Waals surface area contributed by atoms with Gasteiger partial charge in [-0.15, -0.1) is 0 Å². The minimum atomic E-state index is -0.411. The fourth-order valence-corrected chi connectivity index (χ4v) is 6.10. The van der Waals surface area contributed by atoms with Gasteiger partial charge < -0.3 is 0 Å². The molecule has 0 saturated carbocycles. The lowest BCUT2D eigenvalue weighted by molar-refractivity contribution is -0.384. The number of nitro groups is 2. The molecule has 0 N–H and O–H groups in total. The van der Waals surface area contributed by atoms with Crippen LogP contribution in [0.5, 0.6) is 0 Å². The second-order valence-electron chi connectivity index (χ2n) is 11.5. The number of nitro benzene ring substituents is 2. The molecule has 0 unspecified atom stereocenters. The van der Waals surface area contributed by atoms with Crippen molar-refractivity contribution in [2.75, 3.05) is 0 Å². The van der Waals surface area contributed by atoms with Crippen molar-refractivity contribution in [1.29, 1.82) is 0 Å². The predicted molar refractivity (Wildman–Crippen MR) is 193 cm³/mol. The van der Waals surface area contributed by atoms with E-state index in [9.17, 15) is 20.2 Å². The molecule has 0 spiro atoms. The van der Waals surface area contributed by atoms with Crippen molar-refractivity contribution < 1.29 is 9.85 Å². The number of para-hydroxylation sites is 2. The van der Waals surface area contributed by atoms with Crippen LogP contribution in [0.25, 0.3) is 78.2 Å². The SMILES string of the molecule is O=[N+]([O-])c1ccccc1-c1nc2ccc(-c3ccc4nc(-c5ccccc5)c(-c5ccccc5[N+](=O)[O-])nc4c3)cc2nc1-c1ccccc1. The van der Waals surface area contributed by atoms with Gasteiger partial charge in [-0.1, -0.05) is 97.1 Å². The summed E-state index contributed by atoms with van der Waals surface area (Å²) >= 11 is 0. The summed E-state index contributed by atoms with van der Waals surface area (Å²) in [7, 11) is 0. The zero-order valence-corrected chi connectivity index (χ0v) is 26.2. The van der Waals surface area contributed by atoms with Gasteiger partial charge in [0, 0.05) is 23.3 Å². The first kappa shape index (κ1) is 30.2. The van der Waals surface area contributed by atoms with Crippen LogP contribution in [0, 0.1) is 20.2 Å². The van der Waals surface area contributed by atoms with Gasteiger partial charge in [-0.2, -0.15) is 0 Å². The van der Waals surface area contributed by atoms with Crippen molar-refractivity contribution >= 4 is 33.4 Å². The van der Waals surface area contributed by atoms with Crippen molar-refractivity contribution in [2.24, 2.45) is 0 Å². The maximum absolute atomic E-state index is 12.0. The van der Waals surface area contributed by atoms with Crippen molar-refractivity contribution in [3.63, 3.8) is 0 Å². The zero-order valence-electron chi connectivity index (χ0n) is 26.2. The molecule has 10 heteroatoms. The highest BCUT2D eigenvalue weighted by atomic mass is 16.6. The Bertz CT molecular complexity index is 2610. The standard InChI is InChI=1S/C40H24N6O4/c47-45(48)35-17-9-7-15-29(35)39-38(26-13-5-2-6-14-26)43-33-23-27(20-22-32(33)42-39)28-19-21-31-34(24-28)44-40(30-16-8-10-18-36(30)46(49)50)37(41-31)25-11-3-1-4-12-25/h1-24H. The Kier molecular flexibility index (Phi) is 7.50. The average molecular weight is 653 g/mol. The summed E-state index contributed by atoms with van der Waals surface area (Å²) in [5, 5.41) is 24.0. The Hall–Kier alpha value is -7.20. The highest BCUT2D eigenvalue weighted by Crippen LogP contribution is 2.39. The van der Waals surface area contributed by atoms with Crippen LogP contribution in [-0.2, 0) is 0 Å². The highest BCUT2D eigenvalue weighted by Gasteiger charge is 2.23. The molecule has 8 aromatic rings. The number of hydrogen-bond acceptors (Lipinski definition) is 8. The summed E-state index contributed by atoms with van der Waals surface area (Å²) in [5.41, 5.74) is 8.17. The molecule has 0 aliphatic rings. The number of aromatic nitrogens is 4. The third-order valence-electron chi connectivity index (χ3n) is 8.47. The van der Waals surface area contributed by atoms with Crippen LogP contribution in [-0.4, -0.2) is 29.8 Å². The molecule has 50 heavy (non-hydrogen) atoms. The smallest absolute Gasteiger partial charge is 0.258 e. The molecule has 0 amide bonds. The maximum atomic E-state index is 12.0. The van der Waals surface area contributed by atoms with Crippen molar-refractivity contribution in [3.8, 4) is 56.2 Å². The first-order valence-corrected chi connectivity index (χ1v) is 15.7. The summed E-state index contributed by atoms with van der Waals surface area (Å²) < 4.78 is 0. The van der Waals surface area contributed by atoms with Gasteiger partial charge in [0.1, 0.15) is 11.4 Å². The van der Waals surface area contributed by atoms with E-state index >= 15 is 0 Å². The zero-order chi connectivity index (χ0) is 34.2. The lowest BCUT2D eigenvalue weighted by atomic mass is 10.00. The van der Waals surface area contributed by atoms with E-state index in [-0.39, 0.29) is 11.4 Å². The van der Waals surface area contributed by atoms with Crippen molar-refractivity contribution in [2.45, 2.75) is 0 Å². The van der Waals surface area contributed by atoms with Gasteiger partial charge in [-0.25, -0.2) is 19.9 Å². The summed E-state index contributed by atoms with van der Waals surface area (Å²) in [6.07, 6.45) is 0. The van der Waals surface area contributed by atoms with E-state index < -0.39 is 9.85 Å². The highest BCUT2D eigenvalue weighted by molar-refractivity contribution is 5.93. The van der Waals surface area contributed by atoms with Gasteiger partial charge in [0.15, 0.2) is 0 Å². The van der Waals surface area contributed by atoms with E-state index in [0.717, 1.165) is 22.3 Å². The Morgan fingerprint density at radius 1 is 0.360 bits per heavy atom. The van der Waals surface area contributed by atoms with Gasteiger partial charge >= 0.3 is 0 Å². The second kappa shape index (κ2) is 12.4. The predicted octanol–water partition coefficient (Wildman–Crippen LogP) is 9.72. The van der Waals surface area contributed by atoms with Crippen LogP contribution in [0.4, 0.5) is 11.4 Å². The molecule has 6 aromatic carbocycles. The summed E-state index contributed by atoms with van der Waals surface area (Å²) in [4.78, 5) is 43.0. The van der Waals surface area contributed by atoms with Crippen LogP contribution in [0.15, 0.2) is 146 Å². The topological polar surface area (TPSA) is 138 Å². The van der Waals surface area contributed by atoms with Gasteiger partial charge in [0.05, 0.1) is 54.4 Å². The molecule has 10 nitrogen and oxygen atoms in total. The number of nitrogens with zero attached hydrogens (tertiary/aromatic N) is 6. The first-order chi connectivity index (χ1) is 24.4. The lowest BCUT2D eigenvalue weighted by Crippen LogP contribution is -1.99. The Morgan fingerprint density at radius 3 is 1.16 bits per heavy atom. The third-order valence-corrected chi connectivity index (χ3v) is 8.47. The number of hydrogen-bond donors (Lipinski definition) is 0. The van der Waals surface area contributed by atoms with E-state index in [1.807, 2.05) is 97.1 Å². The van der Waals surface area contributed by atoms with E-state index in [0.29, 0.717) is 56.0 Å². The van der Waals surface area contributed by atoms with E-state index in [2.05, 4.69) is 0 Å². The van der Waals surface area contributed by atoms with Gasteiger partial charge in [0.2, 0.25) is 0 Å². The molecule has 238 valence electrons. The normalized spacial score (nSPS) is 11.1. The number of rotatable bonds is 7. The molecule has 0 radical (unpaired) electrons.